The Hall–Kier alpha value is -3.39. The summed E-state index contributed by atoms with van der Waals surface area (Å²) in [6.07, 6.45) is -0.000494. The van der Waals surface area contributed by atoms with Crippen LogP contribution in [0.15, 0.2) is 48.5 Å². The van der Waals surface area contributed by atoms with Crippen molar-refractivity contribution in [2.45, 2.75) is 18.4 Å². The van der Waals surface area contributed by atoms with Crippen LogP contribution in [-0.4, -0.2) is 54.0 Å². The zero-order valence-electron chi connectivity index (χ0n) is 16.8. The minimum atomic E-state index is -1.32. The van der Waals surface area contributed by atoms with Crippen molar-refractivity contribution in [1.82, 2.24) is 10.6 Å². The zero-order chi connectivity index (χ0) is 22.0. The van der Waals surface area contributed by atoms with E-state index in [1.165, 1.54) is 0 Å². The van der Waals surface area contributed by atoms with E-state index < -0.39 is 30.6 Å². The van der Waals surface area contributed by atoms with E-state index >= 15 is 0 Å². The van der Waals surface area contributed by atoms with Gasteiger partial charge in [-0.1, -0.05) is 48.5 Å². The number of rotatable bonds is 8. The van der Waals surface area contributed by atoms with Gasteiger partial charge in [-0.15, -0.1) is 0 Å². The van der Waals surface area contributed by atoms with Gasteiger partial charge in [-0.05, 0) is 34.6 Å². The summed E-state index contributed by atoms with van der Waals surface area (Å²) in [5, 5.41) is 22.9. The summed E-state index contributed by atoms with van der Waals surface area (Å²) in [6.45, 7) is -0.187. The van der Waals surface area contributed by atoms with Gasteiger partial charge in [-0.3, -0.25) is 4.79 Å². The third-order valence-electron chi connectivity index (χ3n) is 5.91. The lowest BCUT2D eigenvalue weighted by Gasteiger charge is -2.14. The number of aliphatic carboxylic acids is 1. The average Bonchev–Trinajstić information content (AvgIpc) is 3.49. The number of nitrogens with one attached hydrogen (secondary N) is 2. The summed E-state index contributed by atoms with van der Waals surface area (Å²) in [6, 6.07) is 14.8. The van der Waals surface area contributed by atoms with Crippen molar-refractivity contribution in [3.63, 3.8) is 0 Å². The number of carboxylic acids is 1. The van der Waals surface area contributed by atoms with Gasteiger partial charge < -0.3 is 25.6 Å². The van der Waals surface area contributed by atoms with Crippen molar-refractivity contribution in [2.24, 2.45) is 11.8 Å². The van der Waals surface area contributed by atoms with E-state index in [1.807, 2.05) is 36.4 Å². The second-order valence-corrected chi connectivity index (χ2v) is 7.89. The van der Waals surface area contributed by atoms with Crippen molar-refractivity contribution in [3.8, 4) is 11.1 Å². The van der Waals surface area contributed by atoms with Crippen molar-refractivity contribution >= 4 is 18.0 Å². The molecule has 8 nitrogen and oxygen atoms in total. The molecule has 2 aliphatic carbocycles. The van der Waals surface area contributed by atoms with Crippen LogP contribution in [-0.2, 0) is 14.3 Å². The monoisotopic (exact) mass is 424 g/mol. The van der Waals surface area contributed by atoms with Crippen LogP contribution < -0.4 is 10.6 Å². The molecule has 1 saturated carbocycles. The molecule has 2 aliphatic rings. The molecule has 0 unspecified atom stereocenters. The number of hydrogen-bond donors (Lipinski definition) is 4. The molecule has 0 spiro atoms. The smallest absolute Gasteiger partial charge is 0.407 e. The van der Waals surface area contributed by atoms with E-state index in [0.29, 0.717) is 6.42 Å². The maximum Gasteiger partial charge on any atom is 0.407 e. The Morgan fingerprint density at radius 1 is 1.03 bits per heavy atom. The molecule has 8 heteroatoms. The summed E-state index contributed by atoms with van der Waals surface area (Å²) in [5.74, 6) is -2.19. The van der Waals surface area contributed by atoms with Gasteiger partial charge in [-0.25, -0.2) is 9.59 Å². The molecule has 0 bridgehead atoms. The summed E-state index contributed by atoms with van der Waals surface area (Å²) in [5.41, 5.74) is 4.57. The summed E-state index contributed by atoms with van der Waals surface area (Å²) in [4.78, 5) is 35.1. The standard InChI is InChI=1S/C23H24N2O6/c26-11-20(22(28)29)25-21(27)18-9-13(18)10-24-23(30)31-12-19-16-7-3-1-5-14(16)15-6-2-4-8-17(15)19/h1-8,13,18-20,26H,9-12H2,(H,24,30)(H,25,27)(H,28,29)/t13-,18-,20-/m0/s1. The van der Waals surface area contributed by atoms with Crippen molar-refractivity contribution in [2.75, 3.05) is 19.8 Å². The molecule has 2 aromatic rings. The molecule has 0 heterocycles. The average molecular weight is 424 g/mol. The first-order valence-electron chi connectivity index (χ1n) is 10.2. The lowest BCUT2D eigenvalue weighted by molar-refractivity contribution is -0.143. The first-order valence-corrected chi connectivity index (χ1v) is 10.2. The van der Waals surface area contributed by atoms with Crippen molar-refractivity contribution < 1.29 is 29.3 Å². The molecule has 0 aliphatic heterocycles. The molecule has 2 aromatic carbocycles. The molecule has 162 valence electrons. The Morgan fingerprint density at radius 2 is 1.65 bits per heavy atom. The summed E-state index contributed by atoms with van der Waals surface area (Å²) >= 11 is 0. The molecule has 0 saturated heterocycles. The number of ether oxygens (including phenoxy) is 1. The molecule has 0 radical (unpaired) electrons. The Morgan fingerprint density at radius 3 is 2.23 bits per heavy atom. The number of carbonyl (C=O) groups is 3. The van der Waals surface area contributed by atoms with E-state index in [0.717, 1.165) is 22.3 Å². The third kappa shape index (κ3) is 4.39. The van der Waals surface area contributed by atoms with Crippen molar-refractivity contribution in [3.05, 3.63) is 59.7 Å². The minimum Gasteiger partial charge on any atom is -0.480 e. The van der Waals surface area contributed by atoms with Gasteiger partial charge in [0.25, 0.3) is 0 Å². The Bertz CT molecular complexity index is 962. The molecule has 4 rings (SSSR count). The van der Waals surface area contributed by atoms with Crippen LogP contribution in [0.4, 0.5) is 4.79 Å². The highest BCUT2D eigenvalue weighted by Crippen LogP contribution is 2.44. The normalized spacial score (nSPS) is 19.6. The van der Waals surface area contributed by atoms with Crippen LogP contribution in [0.25, 0.3) is 11.1 Å². The lowest BCUT2D eigenvalue weighted by Crippen LogP contribution is -2.44. The van der Waals surface area contributed by atoms with Gasteiger partial charge in [-0.2, -0.15) is 0 Å². The zero-order valence-corrected chi connectivity index (χ0v) is 16.8. The van der Waals surface area contributed by atoms with E-state index in [2.05, 4.69) is 22.8 Å². The van der Waals surface area contributed by atoms with Crippen LogP contribution in [0.1, 0.15) is 23.5 Å². The van der Waals surface area contributed by atoms with E-state index in [-0.39, 0.29) is 30.9 Å². The molecule has 2 amide bonds. The fourth-order valence-electron chi connectivity index (χ4n) is 4.12. The fourth-order valence-corrected chi connectivity index (χ4v) is 4.12. The number of fused-ring (bicyclic) bond motifs is 3. The Kier molecular flexibility index (Phi) is 5.90. The van der Waals surface area contributed by atoms with E-state index in [1.54, 1.807) is 0 Å². The van der Waals surface area contributed by atoms with Crippen LogP contribution in [0.3, 0.4) is 0 Å². The second-order valence-electron chi connectivity index (χ2n) is 7.89. The van der Waals surface area contributed by atoms with Gasteiger partial charge in [0.1, 0.15) is 12.6 Å². The number of alkyl carbamates (subject to hydrolysis) is 1. The topological polar surface area (TPSA) is 125 Å². The van der Waals surface area contributed by atoms with Gasteiger partial charge >= 0.3 is 12.1 Å². The van der Waals surface area contributed by atoms with Gasteiger partial charge in [0, 0.05) is 18.4 Å². The predicted molar refractivity (Wildman–Crippen MR) is 111 cm³/mol. The number of carboxylic acid groups (broad SMARTS) is 1. The molecule has 31 heavy (non-hydrogen) atoms. The fraction of sp³-hybridized carbons (Fsp3) is 0.348. The minimum absolute atomic E-state index is 0.0240. The first kappa shape index (κ1) is 20.9. The van der Waals surface area contributed by atoms with Crippen LogP contribution in [0.2, 0.25) is 0 Å². The van der Waals surface area contributed by atoms with Crippen LogP contribution in [0.5, 0.6) is 0 Å². The van der Waals surface area contributed by atoms with Crippen LogP contribution >= 0.6 is 0 Å². The number of carbonyl (C=O) groups excluding carboxylic acids is 2. The van der Waals surface area contributed by atoms with Gasteiger partial charge in [0.2, 0.25) is 5.91 Å². The molecule has 4 N–H and O–H groups in total. The third-order valence-corrected chi connectivity index (χ3v) is 5.91. The Balaban J connectivity index is 1.26. The number of amides is 2. The molecule has 3 atom stereocenters. The highest BCUT2D eigenvalue weighted by Gasteiger charge is 2.44. The predicted octanol–water partition coefficient (Wildman–Crippen LogP) is 1.72. The second kappa shape index (κ2) is 8.77. The quantitative estimate of drug-likeness (QED) is 0.511. The van der Waals surface area contributed by atoms with Gasteiger partial charge in [0.15, 0.2) is 0 Å². The summed E-state index contributed by atoms with van der Waals surface area (Å²) < 4.78 is 5.47. The Labute approximate surface area is 179 Å². The maximum atomic E-state index is 12.2. The van der Waals surface area contributed by atoms with E-state index in [4.69, 9.17) is 14.9 Å². The SMILES string of the molecule is O=C(NC[C@@H]1C[C@@H]1C(=O)N[C@@H](CO)C(=O)O)OCC1c2ccccc2-c2ccccc21. The molecular formula is C23H24N2O6. The first-order chi connectivity index (χ1) is 15.0. The summed E-state index contributed by atoms with van der Waals surface area (Å²) in [7, 11) is 0. The maximum absolute atomic E-state index is 12.2. The van der Waals surface area contributed by atoms with Crippen LogP contribution in [0, 0.1) is 11.8 Å². The van der Waals surface area contributed by atoms with Gasteiger partial charge in [0.05, 0.1) is 6.61 Å². The van der Waals surface area contributed by atoms with Crippen molar-refractivity contribution in [1.29, 1.82) is 0 Å². The van der Waals surface area contributed by atoms with E-state index in [9.17, 15) is 14.4 Å². The number of aliphatic hydroxyl groups is 1. The number of benzene rings is 2. The highest BCUT2D eigenvalue weighted by molar-refractivity contribution is 5.87. The highest BCUT2D eigenvalue weighted by atomic mass is 16.5. The molecular weight excluding hydrogens is 400 g/mol. The lowest BCUT2D eigenvalue weighted by atomic mass is 9.98. The number of hydrogen-bond acceptors (Lipinski definition) is 5. The largest absolute Gasteiger partial charge is 0.480 e. The molecule has 0 aromatic heterocycles. The number of aliphatic hydroxyl groups excluding tert-OH is 1. The molecule has 1 fully saturated rings.